The normalized spacial score (nSPS) is 14.3. The minimum atomic E-state index is -1.18. The Hall–Kier alpha value is -3.61. The molecular formula is C26H29N3O4. The molecule has 33 heavy (non-hydrogen) atoms. The van der Waals surface area contributed by atoms with Crippen LogP contribution in [0.4, 0.5) is 4.79 Å². The third-order valence-corrected chi connectivity index (χ3v) is 6.58. The minimum Gasteiger partial charge on any atom is -0.480 e. The van der Waals surface area contributed by atoms with Gasteiger partial charge in [0, 0.05) is 11.6 Å². The van der Waals surface area contributed by atoms with E-state index in [0.29, 0.717) is 0 Å². The van der Waals surface area contributed by atoms with Gasteiger partial charge in [0.05, 0.1) is 11.7 Å². The molecule has 0 bridgehead atoms. The molecule has 1 amide bonds. The van der Waals surface area contributed by atoms with E-state index in [0.717, 1.165) is 45.6 Å². The Balaban J connectivity index is 1.48. The topological polar surface area (TPSA) is 93.5 Å². The predicted octanol–water partition coefficient (Wildman–Crippen LogP) is 4.62. The van der Waals surface area contributed by atoms with E-state index in [4.69, 9.17) is 4.74 Å². The molecule has 7 heteroatoms. The fraction of sp³-hybridized carbons (Fsp3) is 0.346. The largest absolute Gasteiger partial charge is 0.480 e. The first kappa shape index (κ1) is 22.6. The Labute approximate surface area is 193 Å². The van der Waals surface area contributed by atoms with E-state index in [1.165, 1.54) is 0 Å². The summed E-state index contributed by atoms with van der Waals surface area (Å²) in [6, 6.07) is 14.4. The molecule has 0 fully saturated rings. The van der Waals surface area contributed by atoms with E-state index in [1.54, 1.807) is 11.6 Å². The molecule has 1 aliphatic rings. The summed E-state index contributed by atoms with van der Waals surface area (Å²) in [7, 11) is 0. The third kappa shape index (κ3) is 4.11. The molecule has 2 N–H and O–H groups in total. The summed E-state index contributed by atoms with van der Waals surface area (Å²) in [5, 5.41) is 16.9. The van der Waals surface area contributed by atoms with Crippen molar-refractivity contribution in [2.45, 2.75) is 52.1 Å². The molecule has 1 aliphatic carbocycles. The number of fused-ring (bicyclic) bond motifs is 3. The van der Waals surface area contributed by atoms with E-state index < -0.39 is 24.1 Å². The van der Waals surface area contributed by atoms with Gasteiger partial charge in [-0.25, -0.2) is 9.59 Å². The highest BCUT2D eigenvalue weighted by Gasteiger charge is 2.32. The van der Waals surface area contributed by atoms with Crippen LogP contribution in [0.1, 0.15) is 53.9 Å². The molecule has 0 saturated heterocycles. The van der Waals surface area contributed by atoms with Gasteiger partial charge in [-0.2, -0.15) is 5.10 Å². The third-order valence-electron chi connectivity index (χ3n) is 6.58. The van der Waals surface area contributed by atoms with Gasteiger partial charge in [0.15, 0.2) is 6.04 Å². The number of carboxylic acids is 1. The predicted molar refractivity (Wildman–Crippen MR) is 125 cm³/mol. The number of hydrogen-bond donors (Lipinski definition) is 2. The lowest BCUT2D eigenvalue weighted by Crippen LogP contribution is -2.46. The maximum atomic E-state index is 12.7. The van der Waals surface area contributed by atoms with Crippen LogP contribution in [-0.4, -0.2) is 39.6 Å². The Morgan fingerprint density at radius 3 is 2.18 bits per heavy atom. The van der Waals surface area contributed by atoms with Crippen LogP contribution in [0.25, 0.3) is 11.1 Å². The Morgan fingerprint density at radius 2 is 1.67 bits per heavy atom. The molecule has 0 aliphatic heterocycles. The number of aromatic nitrogens is 2. The quantitative estimate of drug-likeness (QED) is 0.551. The maximum absolute atomic E-state index is 12.7. The number of aryl methyl sites for hydroxylation is 1. The van der Waals surface area contributed by atoms with E-state index in [1.807, 2.05) is 57.2 Å². The van der Waals surface area contributed by atoms with Crippen LogP contribution in [-0.2, 0) is 16.0 Å². The monoisotopic (exact) mass is 447 g/mol. The van der Waals surface area contributed by atoms with Crippen molar-refractivity contribution >= 4 is 12.1 Å². The van der Waals surface area contributed by atoms with Crippen molar-refractivity contribution in [1.29, 1.82) is 0 Å². The highest BCUT2D eigenvalue weighted by molar-refractivity contribution is 5.81. The molecule has 7 nitrogen and oxygen atoms in total. The molecular weight excluding hydrogens is 418 g/mol. The van der Waals surface area contributed by atoms with E-state index >= 15 is 0 Å². The summed E-state index contributed by atoms with van der Waals surface area (Å²) in [5.74, 6) is -1.23. The van der Waals surface area contributed by atoms with Gasteiger partial charge >= 0.3 is 12.1 Å². The van der Waals surface area contributed by atoms with Gasteiger partial charge in [-0.05, 0) is 55.0 Å². The molecule has 2 aromatic carbocycles. The number of hydrogen-bond acceptors (Lipinski definition) is 4. The molecule has 3 aromatic rings. The van der Waals surface area contributed by atoms with E-state index in [2.05, 4.69) is 22.5 Å². The van der Waals surface area contributed by atoms with Crippen molar-refractivity contribution in [3.05, 3.63) is 76.6 Å². The number of rotatable bonds is 7. The van der Waals surface area contributed by atoms with Crippen LogP contribution >= 0.6 is 0 Å². The Kier molecular flexibility index (Phi) is 6.22. The fourth-order valence-corrected chi connectivity index (χ4v) is 4.90. The molecule has 1 aromatic heterocycles. The van der Waals surface area contributed by atoms with Gasteiger partial charge in [-0.1, -0.05) is 55.5 Å². The number of nitrogens with one attached hydrogen (secondary N) is 1. The number of carbonyl (C=O) groups excluding carboxylic acids is 1. The van der Waals surface area contributed by atoms with Crippen LogP contribution in [0.2, 0.25) is 0 Å². The summed E-state index contributed by atoms with van der Waals surface area (Å²) in [4.78, 5) is 24.7. The van der Waals surface area contributed by atoms with Crippen molar-refractivity contribution in [2.24, 2.45) is 0 Å². The number of aliphatic carboxylic acids is 1. The fourth-order valence-electron chi connectivity index (χ4n) is 4.90. The van der Waals surface area contributed by atoms with Gasteiger partial charge in [0.1, 0.15) is 6.61 Å². The second kappa shape index (κ2) is 9.10. The molecule has 4 rings (SSSR count). The van der Waals surface area contributed by atoms with Gasteiger partial charge in [-0.15, -0.1) is 0 Å². The van der Waals surface area contributed by atoms with E-state index in [9.17, 15) is 14.7 Å². The number of carboxylic acid groups (broad SMARTS) is 1. The number of carbonyl (C=O) groups is 2. The number of alkyl carbamates (subject to hydrolysis) is 1. The molecule has 2 atom stereocenters. The molecule has 172 valence electrons. The van der Waals surface area contributed by atoms with Crippen LogP contribution in [0.15, 0.2) is 48.5 Å². The summed E-state index contributed by atoms with van der Waals surface area (Å²) in [6.07, 6.45) is 0.0513. The zero-order valence-corrected chi connectivity index (χ0v) is 19.3. The van der Waals surface area contributed by atoms with Crippen molar-refractivity contribution in [1.82, 2.24) is 15.1 Å². The summed E-state index contributed by atoms with van der Waals surface area (Å²) in [6.45, 7) is 7.73. The summed E-state index contributed by atoms with van der Waals surface area (Å²) in [5.41, 5.74) is 7.34. The summed E-state index contributed by atoms with van der Waals surface area (Å²) >= 11 is 0. The van der Waals surface area contributed by atoms with Crippen LogP contribution in [0.5, 0.6) is 0 Å². The molecule has 1 heterocycles. The standard InChI is InChI=1S/C26H29N3O4/c1-5-18-15(2)28-29(16(18)3)17(4)24(25(30)31)27-26(32)33-14-23-21-12-8-6-10-19(21)20-11-7-9-13-22(20)23/h6-13,17,23-24H,5,14H2,1-4H3,(H,27,32)(H,30,31). The molecule has 0 saturated carbocycles. The van der Waals surface area contributed by atoms with Crippen LogP contribution in [0.3, 0.4) is 0 Å². The second-order valence-corrected chi connectivity index (χ2v) is 8.47. The first-order chi connectivity index (χ1) is 15.8. The van der Waals surface area contributed by atoms with Crippen LogP contribution < -0.4 is 5.32 Å². The average Bonchev–Trinajstić information content (AvgIpc) is 3.28. The second-order valence-electron chi connectivity index (χ2n) is 8.47. The SMILES string of the molecule is CCc1c(C)nn(C(C)C(NC(=O)OCC2c3ccccc3-c3ccccc32)C(=O)O)c1C. The first-order valence-corrected chi connectivity index (χ1v) is 11.2. The van der Waals surface area contributed by atoms with Gasteiger partial charge < -0.3 is 15.2 Å². The lowest BCUT2D eigenvalue weighted by molar-refractivity contribution is -0.140. The molecule has 0 spiro atoms. The average molecular weight is 448 g/mol. The molecule has 2 unspecified atom stereocenters. The zero-order chi connectivity index (χ0) is 23.7. The number of benzene rings is 2. The highest BCUT2D eigenvalue weighted by atomic mass is 16.5. The number of amides is 1. The van der Waals surface area contributed by atoms with Crippen molar-refractivity contribution in [3.8, 4) is 11.1 Å². The Morgan fingerprint density at radius 1 is 1.09 bits per heavy atom. The number of ether oxygens (including phenoxy) is 1. The Bertz CT molecular complexity index is 1150. The first-order valence-electron chi connectivity index (χ1n) is 11.2. The van der Waals surface area contributed by atoms with Crippen molar-refractivity contribution in [3.63, 3.8) is 0 Å². The smallest absolute Gasteiger partial charge is 0.407 e. The van der Waals surface area contributed by atoms with Gasteiger partial charge in [-0.3, -0.25) is 4.68 Å². The lowest BCUT2D eigenvalue weighted by Gasteiger charge is -2.23. The van der Waals surface area contributed by atoms with E-state index in [-0.39, 0.29) is 12.5 Å². The van der Waals surface area contributed by atoms with Crippen molar-refractivity contribution < 1.29 is 19.4 Å². The highest BCUT2D eigenvalue weighted by Crippen LogP contribution is 2.44. The maximum Gasteiger partial charge on any atom is 0.407 e. The number of nitrogens with zero attached hydrogens (tertiary/aromatic N) is 2. The van der Waals surface area contributed by atoms with Crippen LogP contribution in [0, 0.1) is 13.8 Å². The zero-order valence-electron chi connectivity index (χ0n) is 19.3. The summed E-state index contributed by atoms with van der Waals surface area (Å²) < 4.78 is 7.22. The van der Waals surface area contributed by atoms with Gasteiger partial charge in [0.25, 0.3) is 0 Å². The van der Waals surface area contributed by atoms with Crippen molar-refractivity contribution in [2.75, 3.05) is 6.61 Å². The van der Waals surface area contributed by atoms with Gasteiger partial charge in [0.2, 0.25) is 0 Å². The minimum absolute atomic E-state index is 0.0908. The molecule has 0 radical (unpaired) electrons. The lowest BCUT2D eigenvalue weighted by atomic mass is 9.98.